The van der Waals surface area contributed by atoms with Crippen LogP contribution in [0.5, 0.6) is 0 Å². The largest absolute Gasteiger partial charge is 0.344 e. The molecule has 2 aromatic rings. The van der Waals surface area contributed by atoms with E-state index in [4.69, 9.17) is 0 Å². The van der Waals surface area contributed by atoms with Gasteiger partial charge in [-0.3, -0.25) is 9.59 Å². The van der Waals surface area contributed by atoms with Crippen LogP contribution >= 0.6 is 0 Å². The van der Waals surface area contributed by atoms with Crippen molar-refractivity contribution in [2.75, 3.05) is 60.9 Å². The van der Waals surface area contributed by atoms with E-state index < -0.39 is 0 Å². The Morgan fingerprint density at radius 1 is 0.667 bits per heavy atom. The quantitative estimate of drug-likeness (QED) is 0.272. The second-order valence-corrected chi connectivity index (χ2v) is 14.9. The highest BCUT2D eigenvalue weighted by Crippen LogP contribution is 2.49. The van der Waals surface area contributed by atoms with Gasteiger partial charge in [0, 0.05) is 80.3 Å². The van der Waals surface area contributed by atoms with Gasteiger partial charge in [0.05, 0.1) is 0 Å². The van der Waals surface area contributed by atoms with Gasteiger partial charge in [0.15, 0.2) is 0 Å². The Morgan fingerprint density at radius 2 is 1.17 bits per heavy atom. The number of nitrogens with one attached hydrogen (secondary N) is 2. The van der Waals surface area contributed by atoms with Gasteiger partial charge in [-0.1, -0.05) is 81.4 Å². The van der Waals surface area contributed by atoms with Crippen LogP contribution in [0.15, 0.2) is 60.7 Å². The molecule has 2 N–H and O–H groups in total. The summed E-state index contributed by atoms with van der Waals surface area (Å²) in [6.07, 6.45) is 4.32. The monoisotopic (exact) mass is 662 g/mol. The summed E-state index contributed by atoms with van der Waals surface area (Å²) in [5.41, 5.74) is 2.06. The van der Waals surface area contributed by atoms with E-state index in [0.717, 1.165) is 30.4 Å². The zero-order chi connectivity index (χ0) is 35.3. The molecule has 0 bridgehead atoms. The molecule has 6 amide bonds. The van der Waals surface area contributed by atoms with Gasteiger partial charge in [-0.2, -0.15) is 0 Å². The Kier molecular flexibility index (Phi) is 14.3. The molecule has 1 fully saturated rings. The number of likely N-dealkylation sites (N-methyl/N-ethyl adjacent to an activating group) is 4. The highest BCUT2D eigenvalue weighted by atomic mass is 16.2. The van der Waals surface area contributed by atoms with Crippen molar-refractivity contribution in [2.24, 2.45) is 16.7 Å². The minimum absolute atomic E-state index is 0.0348. The summed E-state index contributed by atoms with van der Waals surface area (Å²) in [5.74, 6) is 0.335. The molecule has 0 spiro atoms. The lowest BCUT2D eigenvalue weighted by Crippen LogP contribution is -2.48. The smallest absolute Gasteiger partial charge is 0.317 e. The first-order chi connectivity index (χ1) is 22.7. The number of hydrogen-bond donors (Lipinski definition) is 2. The van der Waals surface area contributed by atoms with Crippen molar-refractivity contribution in [3.63, 3.8) is 0 Å². The van der Waals surface area contributed by atoms with Crippen LogP contribution in [0.25, 0.3) is 0 Å². The molecule has 0 radical (unpaired) electrons. The molecule has 10 nitrogen and oxygen atoms in total. The zero-order valence-electron chi connectivity index (χ0n) is 30.3. The maximum Gasteiger partial charge on any atom is 0.317 e. The van der Waals surface area contributed by atoms with Gasteiger partial charge in [-0.05, 0) is 53.6 Å². The zero-order valence-corrected chi connectivity index (χ0v) is 30.3. The van der Waals surface area contributed by atoms with Crippen LogP contribution in [-0.2, 0) is 22.6 Å². The van der Waals surface area contributed by atoms with E-state index in [2.05, 4.69) is 31.4 Å². The summed E-state index contributed by atoms with van der Waals surface area (Å²) in [7, 11) is 7.08. The lowest BCUT2D eigenvalue weighted by atomic mass is 9.60. The predicted molar refractivity (Wildman–Crippen MR) is 191 cm³/mol. The van der Waals surface area contributed by atoms with Crippen LogP contribution in [0.4, 0.5) is 9.59 Å². The second kappa shape index (κ2) is 17.9. The number of urea groups is 2. The predicted octanol–water partition coefficient (Wildman–Crippen LogP) is 5.24. The third-order valence-electron chi connectivity index (χ3n) is 9.50. The molecule has 0 aliphatic heterocycles. The number of amides is 6. The molecule has 1 saturated carbocycles. The van der Waals surface area contributed by atoms with Crippen LogP contribution in [0.1, 0.15) is 64.0 Å². The molecule has 2 aromatic carbocycles. The van der Waals surface area contributed by atoms with Crippen LogP contribution in [0, 0.1) is 16.7 Å². The van der Waals surface area contributed by atoms with E-state index in [1.165, 1.54) is 0 Å². The van der Waals surface area contributed by atoms with Crippen LogP contribution < -0.4 is 10.6 Å². The van der Waals surface area contributed by atoms with Crippen LogP contribution in [0.2, 0.25) is 0 Å². The first-order valence-corrected chi connectivity index (χ1v) is 17.2. The molecule has 0 heterocycles. The standard InChI is InChI=1S/C38H58N6O4/c1-37(2)25-32(24-34(46)42(5)21-23-43(6)35(47)39-27-31-16-12-9-13-17-31)26-38(3,28-37)29-40-36(48)44(7)22-20-41(4)33(45)19-18-30-14-10-8-11-15-30/h8-17,32H,18-29H2,1-7H3,(H,39,47)(H,40,48). The Balaban J connectivity index is 1.41. The number of rotatable bonds is 15. The number of benzene rings is 2. The van der Waals surface area contributed by atoms with Crippen LogP contribution in [0.3, 0.4) is 0 Å². The van der Waals surface area contributed by atoms with Crippen molar-refractivity contribution in [3.05, 3.63) is 71.8 Å². The molecule has 0 saturated heterocycles. The number of aryl methyl sites for hydroxylation is 1. The molecule has 2 atom stereocenters. The van der Waals surface area contributed by atoms with Gasteiger partial charge < -0.3 is 30.2 Å². The van der Waals surface area contributed by atoms with Gasteiger partial charge in [0.1, 0.15) is 0 Å². The fraction of sp³-hybridized carbons (Fsp3) is 0.579. The first-order valence-electron chi connectivity index (χ1n) is 17.2. The van der Waals surface area contributed by atoms with E-state index >= 15 is 0 Å². The lowest BCUT2D eigenvalue weighted by molar-refractivity contribution is -0.132. The third-order valence-corrected chi connectivity index (χ3v) is 9.50. The Bertz CT molecular complexity index is 1340. The summed E-state index contributed by atoms with van der Waals surface area (Å²) < 4.78 is 0. The normalized spacial score (nSPS) is 18.4. The minimum atomic E-state index is -0.170. The topological polar surface area (TPSA) is 105 Å². The Labute approximate surface area is 288 Å². The van der Waals surface area contributed by atoms with Gasteiger partial charge in [0.2, 0.25) is 11.8 Å². The molecular formula is C38H58N6O4. The highest BCUT2D eigenvalue weighted by molar-refractivity contribution is 5.77. The van der Waals surface area contributed by atoms with E-state index in [0.29, 0.717) is 58.5 Å². The molecule has 10 heteroatoms. The minimum Gasteiger partial charge on any atom is -0.344 e. The molecule has 264 valence electrons. The summed E-state index contributed by atoms with van der Waals surface area (Å²) in [4.78, 5) is 58.1. The molecule has 1 aliphatic rings. The van der Waals surface area contributed by atoms with E-state index in [1.54, 1.807) is 47.8 Å². The molecule has 3 rings (SSSR count). The van der Waals surface area contributed by atoms with Crippen LogP contribution in [-0.4, -0.2) is 104 Å². The third kappa shape index (κ3) is 12.8. The summed E-state index contributed by atoms with van der Waals surface area (Å²) in [6.45, 7) is 9.47. The SMILES string of the molecule is CN(CCN(C)C(=O)NCC1(C)CC(CC(=O)N(C)CCN(C)C(=O)NCc2ccccc2)CC(C)(C)C1)C(=O)CCc1ccccc1. The molecule has 1 aliphatic carbocycles. The van der Waals surface area contributed by atoms with Crippen molar-refractivity contribution in [1.29, 1.82) is 0 Å². The first kappa shape index (κ1) is 38.4. The van der Waals surface area contributed by atoms with E-state index in [9.17, 15) is 19.2 Å². The second-order valence-electron chi connectivity index (χ2n) is 14.9. The van der Waals surface area contributed by atoms with Gasteiger partial charge in [-0.25, -0.2) is 9.59 Å². The summed E-state index contributed by atoms with van der Waals surface area (Å²) in [6, 6.07) is 19.4. The maximum atomic E-state index is 13.3. The van der Waals surface area contributed by atoms with Gasteiger partial charge in [0.25, 0.3) is 0 Å². The molecule has 48 heavy (non-hydrogen) atoms. The fourth-order valence-electron chi connectivity index (χ4n) is 7.00. The van der Waals surface area contributed by atoms with Crippen molar-refractivity contribution < 1.29 is 19.2 Å². The molecule has 0 aromatic heterocycles. The highest BCUT2D eigenvalue weighted by Gasteiger charge is 2.42. The fourth-order valence-corrected chi connectivity index (χ4v) is 7.00. The van der Waals surface area contributed by atoms with Gasteiger partial charge >= 0.3 is 12.1 Å². The Morgan fingerprint density at radius 3 is 1.75 bits per heavy atom. The van der Waals surface area contributed by atoms with Gasteiger partial charge in [-0.15, -0.1) is 0 Å². The van der Waals surface area contributed by atoms with Crippen molar-refractivity contribution in [1.82, 2.24) is 30.2 Å². The Hall–Kier alpha value is -4.08. The van der Waals surface area contributed by atoms with E-state index in [-0.39, 0.29) is 40.6 Å². The van der Waals surface area contributed by atoms with Crippen molar-refractivity contribution in [3.8, 4) is 0 Å². The number of carbonyl (C=O) groups is 4. The average molecular weight is 663 g/mol. The van der Waals surface area contributed by atoms with Crippen molar-refractivity contribution >= 4 is 23.9 Å². The lowest BCUT2D eigenvalue weighted by Gasteiger charge is -2.47. The number of nitrogens with zero attached hydrogens (tertiary/aromatic N) is 4. The number of hydrogen-bond acceptors (Lipinski definition) is 4. The number of carbonyl (C=O) groups excluding carboxylic acids is 4. The summed E-state index contributed by atoms with van der Waals surface area (Å²) in [5, 5.41) is 6.06. The summed E-state index contributed by atoms with van der Waals surface area (Å²) >= 11 is 0. The average Bonchev–Trinajstić information content (AvgIpc) is 3.05. The molecular weight excluding hydrogens is 604 g/mol. The maximum absolute atomic E-state index is 13.3. The molecule has 2 unspecified atom stereocenters. The van der Waals surface area contributed by atoms with Crippen molar-refractivity contribution in [2.45, 2.75) is 65.8 Å². The van der Waals surface area contributed by atoms with E-state index in [1.807, 2.05) is 60.7 Å².